The maximum absolute atomic E-state index is 12.7. The van der Waals surface area contributed by atoms with Gasteiger partial charge in [0, 0.05) is 25.6 Å². The Kier molecular flexibility index (Phi) is 3.34. The normalized spacial score (nSPS) is 24.7. The van der Waals surface area contributed by atoms with Crippen molar-refractivity contribution in [3.8, 4) is 0 Å². The van der Waals surface area contributed by atoms with Crippen LogP contribution in [0.4, 0.5) is 0 Å². The molecule has 1 aromatic heterocycles. The van der Waals surface area contributed by atoms with Gasteiger partial charge in [-0.15, -0.1) is 0 Å². The standard InChI is InChI=1S/C15H21BrN4O/c16-11-12(10-1-2-10)18-19-13(11)14(21)20-7-4-15(5-8-20)3-6-17-9-15/h10,17H,1-9H2,(H,18,19). The molecule has 2 aliphatic heterocycles. The van der Waals surface area contributed by atoms with Crippen LogP contribution >= 0.6 is 15.9 Å². The lowest BCUT2D eigenvalue weighted by molar-refractivity contribution is 0.0601. The zero-order valence-electron chi connectivity index (χ0n) is 12.1. The quantitative estimate of drug-likeness (QED) is 0.858. The highest BCUT2D eigenvalue weighted by Crippen LogP contribution is 2.43. The number of carbonyl (C=O) groups excluding carboxylic acids is 1. The second-order valence-corrected chi connectivity index (χ2v) is 7.59. The van der Waals surface area contributed by atoms with E-state index in [0.29, 0.717) is 17.0 Å². The summed E-state index contributed by atoms with van der Waals surface area (Å²) in [6.07, 6.45) is 5.89. The molecule has 1 saturated carbocycles. The molecule has 0 aromatic carbocycles. The lowest BCUT2D eigenvalue weighted by atomic mass is 9.78. The first-order valence-electron chi connectivity index (χ1n) is 7.92. The predicted octanol–water partition coefficient (Wildman–Crippen LogP) is 2.27. The predicted molar refractivity (Wildman–Crippen MR) is 83.3 cm³/mol. The zero-order chi connectivity index (χ0) is 14.4. The number of aromatic nitrogens is 2. The van der Waals surface area contributed by atoms with E-state index in [1.165, 1.54) is 19.3 Å². The highest BCUT2D eigenvalue weighted by atomic mass is 79.9. The number of piperidine rings is 1. The Labute approximate surface area is 133 Å². The van der Waals surface area contributed by atoms with Crippen LogP contribution in [0, 0.1) is 5.41 Å². The first-order valence-corrected chi connectivity index (χ1v) is 8.72. The monoisotopic (exact) mass is 352 g/mol. The Morgan fingerprint density at radius 2 is 2.05 bits per heavy atom. The van der Waals surface area contributed by atoms with E-state index in [1.807, 2.05) is 4.90 Å². The summed E-state index contributed by atoms with van der Waals surface area (Å²) >= 11 is 3.57. The summed E-state index contributed by atoms with van der Waals surface area (Å²) in [6.45, 7) is 3.97. The molecule has 3 aliphatic rings. The number of likely N-dealkylation sites (tertiary alicyclic amines) is 1. The van der Waals surface area contributed by atoms with E-state index < -0.39 is 0 Å². The molecule has 3 heterocycles. The Morgan fingerprint density at radius 3 is 2.67 bits per heavy atom. The van der Waals surface area contributed by atoms with Gasteiger partial charge in [-0.2, -0.15) is 5.10 Å². The average molecular weight is 353 g/mol. The van der Waals surface area contributed by atoms with E-state index >= 15 is 0 Å². The van der Waals surface area contributed by atoms with Gasteiger partial charge in [-0.3, -0.25) is 9.89 Å². The summed E-state index contributed by atoms with van der Waals surface area (Å²) in [5.74, 6) is 0.647. The van der Waals surface area contributed by atoms with Gasteiger partial charge in [0.1, 0.15) is 0 Å². The van der Waals surface area contributed by atoms with Crippen LogP contribution in [0.1, 0.15) is 54.2 Å². The van der Waals surface area contributed by atoms with Crippen molar-refractivity contribution in [2.75, 3.05) is 26.2 Å². The molecule has 1 spiro atoms. The average Bonchev–Trinajstić information content (AvgIpc) is 3.13. The van der Waals surface area contributed by atoms with Crippen LogP contribution in [-0.4, -0.2) is 47.2 Å². The molecular formula is C15H21BrN4O. The lowest BCUT2D eigenvalue weighted by Gasteiger charge is -2.38. The third kappa shape index (κ3) is 2.42. The highest BCUT2D eigenvalue weighted by Gasteiger charge is 2.39. The van der Waals surface area contributed by atoms with Gasteiger partial charge in [0.2, 0.25) is 0 Å². The lowest BCUT2D eigenvalue weighted by Crippen LogP contribution is -2.44. The van der Waals surface area contributed by atoms with Crippen LogP contribution in [0.15, 0.2) is 4.47 Å². The molecule has 114 valence electrons. The van der Waals surface area contributed by atoms with Gasteiger partial charge in [0.05, 0.1) is 10.2 Å². The third-order valence-electron chi connectivity index (χ3n) is 5.36. The summed E-state index contributed by atoms with van der Waals surface area (Å²) < 4.78 is 0.887. The van der Waals surface area contributed by atoms with Crippen molar-refractivity contribution in [1.82, 2.24) is 20.4 Å². The number of amides is 1. The maximum atomic E-state index is 12.7. The summed E-state index contributed by atoms with van der Waals surface area (Å²) in [6, 6.07) is 0. The van der Waals surface area contributed by atoms with Crippen molar-refractivity contribution in [3.63, 3.8) is 0 Å². The van der Waals surface area contributed by atoms with Crippen molar-refractivity contribution >= 4 is 21.8 Å². The molecular weight excluding hydrogens is 332 g/mol. The van der Waals surface area contributed by atoms with Crippen molar-refractivity contribution < 1.29 is 4.79 Å². The number of aromatic amines is 1. The zero-order valence-corrected chi connectivity index (χ0v) is 13.7. The van der Waals surface area contributed by atoms with E-state index in [1.54, 1.807) is 0 Å². The van der Waals surface area contributed by atoms with Crippen LogP contribution in [0.5, 0.6) is 0 Å². The molecule has 0 unspecified atom stereocenters. The van der Waals surface area contributed by atoms with Crippen LogP contribution in [0.25, 0.3) is 0 Å². The van der Waals surface area contributed by atoms with Crippen molar-refractivity contribution in [2.45, 2.75) is 38.0 Å². The summed E-state index contributed by atoms with van der Waals surface area (Å²) in [5.41, 5.74) is 2.11. The minimum Gasteiger partial charge on any atom is -0.337 e. The van der Waals surface area contributed by atoms with Crippen LogP contribution in [-0.2, 0) is 0 Å². The van der Waals surface area contributed by atoms with Crippen molar-refractivity contribution in [1.29, 1.82) is 0 Å². The number of H-pyrrole nitrogens is 1. The molecule has 4 rings (SSSR count). The van der Waals surface area contributed by atoms with E-state index in [-0.39, 0.29) is 5.91 Å². The largest absolute Gasteiger partial charge is 0.337 e. The number of carbonyl (C=O) groups is 1. The van der Waals surface area contributed by atoms with E-state index in [2.05, 4.69) is 31.4 Å². The summed E-state index contributed by atoms with van der Waals surface area (Å²) in [5, 5.41) is 10.8. The number of halogens is 1. The molecule has 3 fully saturated rings. The number of hydrogen-bond donors (Lipinski definition) is 2. The first-order chi connectivity index (χ1) is 10.2. The molecule has 1 amide bonds. The minimum absolute atomic E-state index is 0.0748. The first kappa shape index (κ1) is 13.8. The van der Waals surface area contributed by atoms with Gasteiger partial charge in [0.15, 0.2) is 5.69 Å². The molecule has 6 heteroatoms. The fourth-order valence-electron chi connectivity index (χ4n) is 3.68. The smallest absolute Gasteiger partial charge is 0.275 e. The fraction of sp³-hybridized carbons (Fsp3) is 0.733. The molecule has 0 radical (unpaired) electrons. The topological polar surface area (TPSA) is 61.0 Å². The fourth-order valence-corrected chi connectivity index (χ4v) is 4.35. The number of nitrogens with zero attached hydrogens (tertiary/aromatic N) is 2. The van der Waals surface area contributed by atoms with Gasteiger partial charge in [-0.25, -0.2) is 0 Å². The Balaban J connectivity index is 1.46. The van der Waals surface area contributed by atoms with Gasteiger partial charge >= 0.3 is 0 Å². The number of nitrogens with one attached hydrogen (secondary N) is 2. The van der Waals surface area contributed by atoms with Crippen LogP contribution in [0.3, 0.4) is 0 Å². The maximum Gasteiger partial charge on any atom is 0.275 e. The Hall–Kier alpha value is -0.880. The molecule has 1 aliphatic carbocycles. The second-order valence-electron chi connectivity index (χ2n) is 6.79. The van der Waals surface area contributed by atoms with Gasteiger partial charge in [-0.1, -0.05) is 0 Å². The third-order valence-corrected chi connectivity index (χ3v) is 6.17. The minimum atomic E-state index is 0.0748. The Morgan fingerprint density at radius 1 is 1.29 bits per heavy atom. The van der Waals surface area contributed by atoms with Crippen LogP contribution in [0.2, 0.25) is 0 Å². The SMILES string of the molecule is O=C(c1n[nH]c(C2CC2)c1Br)N1CCC2(CCNC2)CC1. The van der Waals surface area contributed by atoms with Crippen molar-refractivity contribution in [2.24, 2.45) is 5.41 Å². The van der Waals surface area contributed by atoms with Crippen molar-refractivity contribution in [3.05, 3.63) is 15.9 Å². The Bertz CT molecular complexity index is 550. The van der Waals surface area contributed by atoms with E-state index in [4.69, 9.17) is 0 Å². The molecule has 2 N–H and O–H groups in total. The molecule has 5 nitrogen and oxygen atoms in total. The molecule has 1 aromatic rings. The molecule has 2 saturated heterocycles. The number of hydrogen-bond acceptors (Lipinski definition) is 3. The molecule has 0 bridgehead atoms. The molecule has 21 heavy (non-hydrogen) atoms. The highest BCUT2D eigenvalue weighted by molar-refractivity contribution is 9.10. The molecule has 0 atom stereocenters. The van der Waals surface area contributed by atoms with E-state index in [0.717, 1.165) is 49.2 Å². The summed E-state index contributed by atoms with van der Waals surface area (Å²) in [7, 11) is 0. The van der Waals surface area contributed by atoms with Crippen LogP contribution < -0.4 is 5.32 Å². The van der Waals surface area contributed by atoms with Gasteiger partial charge in [-0.05, 0) is 60.0 Å². The summed E-state index contributed by atoms with van der Waals surface area (Å²) in [4.78, 5) is 14.7. The van der Waals surface area contributed by atoms with E-state index in [9.17, 15) is 4.79 Å². The van der Waals surface area contributed by atoms with Gasteiger partial charge in [0.25, 0.3) is 5.91 Å². The number of rotatable bonds is 2. The van der Waals surface area contributed by atoms with Gasteiger partial charge < -0.3 is 10.2 Å². The second kappa shape index (κ2) is 5.09.